The largest absolute Gasteiger partial charge is 0.379 e. The van der Waals surface area contributed by atoms with E-state index >= 15 is 0 Å². The number of carbonyl (C=O) groups excluding carboxylic acids is 1. The molecule has 0 saturated carbocycles. The third kappa shape index (κ3) is 4.61. The Kier molecular flexibility index (Phi) is 6.10. The number of amides is 1. The van der Waals surface area contributed by atoms with Crippen LogP contribution in [0.4, 0.5) is 11.4 Å². The molecule has 0 aliphatic carbocycles. The molecule has 110 valence electrons. The normalized spacial score (nSPS) is 11.7. The molecule has 0 fully saturated rings. The molecule has 0 radical (unpaired) electrons. The molecular weight excluding hydrogens is 282 g/mol. The summed E-state index contributed by atoms with van der Waals surface area (Å²) in [5.74, 6) is 0.0900. The number of carbonyl (C=O) groups is 1. The van der Waals surface area contributed by atoms with Crippen molar-refractivity contribution in [1.82, 2.24) is 5.32 Å². The fraction of sp³-hybridized carbons (Fsp3) is 0.417. The van der Waals surface area contributed by atoms with Crippen molar-refractivity contribution in [3.05, 3.63) is 33.9 Å². The zero-order valence-corrected chi connectivity index (χ0v) is 12.2. The molecule has 0 aromatic heterocycles. The van der Waals surface area contributed by atoms with Gasteiger partial charge in [-0.1, -0.05) is 0 Å². The lowest BCUT2D eigenvalue weighted by Crippen LogP contribution is -2.23. The number of anilines is 1. The maximum Gasteiger partial charge on any atom is 0.292 e. The van der Waals surface area contributed by atoms with Crippen molar-refractivity contribution in [1.29, 1.82) is 0 Å². The monoisotopic (exact) mass is 299 g/mol. The van der Waals surface area contributed by atoms with E-state index in [0.29, 0.717) is 24.4 Å². The van der Waals surface area contributed by atoms with E-state index in [-0.39, 0.29) is 17.3 Å². The molecule has 2 N–H and O–H groups in total. The predicted molar refractivity (Wildman–Crippen MR) is 78.5 cm³/mol. The van der Waals surface area contributed by atoms with Crippen LogP contribution in [0.25, 0.3) is 0 Å². The molecule has 0 aliphatic heterocycles. The number of nitrogens with zero attached hydrogens (tertiary/aromatic N) is 1. The molecule has 0 saturated heterocycles. The first kappa shape index (κ1) is 16.1. The lowest BCUT2D eigenvalue weighted by Gasteiger charge is -2.08. The molecule has 1 aromatic rings. The quantitative estimate of drug-likeness (QED) is 0.580. The van der Waals surface area contributed by atoms with Crippen LogP contribution in [-0.2, 0) is 10.8 Å². The third-order valence-corrected chi connectivity index (χ3v) is 3.28. The first-order chi connectivity index (χ1) is 9.45. The average Bonchev–Trinajstić information content (AvgIpc) is 2.38. The van der Waals surface area contributed by atoms with Crippen LogP contribution in [0.15, 0.2) is 18.2 Å². The minimum Gasteiger partial charge on any atom is -0.379 e. The minimum absolute atomic E-state index is 0.111. The number of nitrogens with one attached hydrogen (secondary N) is 2. The molecule has 20 heavy (non-hydrogen) atoms. The summed E-state index contributed by atoms with van der Waals surface area (Å²) in [6, 6.07) is 4.13. The Bertz CT molecular complexity index is 533. The molecule has 0 spiro atoms. The second kappa shape index (κ2) is 7.59. The standard InChI is InChI=1S/C12H17N3O4S/c1-3-13-12(16)9-4-5-11(15(17)18)10(8-9)14-6-7-20(2)19/h4-5,8,14H,3,6-7H2,1-2H3,(H,13,16). The van der Waals surface area contributed by atoms with Gasteiger partial charge in [-0.15, -0.1) is 0 Å². The Hall–Kier alpha value is -1.96. The van der Waals surface area contributed by atoms with Crippen LogP contribution in [0.3, 0.4) is 0 Å². The maximum absolute atomic E-state index is 11.7. The SMILES string of the molecule is CCNC(=O)c1ccc([N+](=O)[O-])c(NCCS(C)=O)c1. The highest BCUT2D eigenvalue weighted by atomic mass is 32.2. The van der Waals surface area contributed by atoms with E-state index in [1.54, 1.807) is 13.2 Å². The zero-order chi connectivity index (χ0) is 15.1. The van der Waals surface area contributed by atoms with E-state index in [0.717, 1.165) is 0 Å². The molecule has 7 nitrogen and oxygen atoms in total. The lowest BCUT2D eigenvalue weighted by molar-refractivity contribution is -0.384. The van der Waals surface area contributed by atoms with Gasteiger partial charge in [-0.2, -0.15) is 0 Å². The molecule has 1 aromatic carbocycles. The smallest absolute Gasteiger partial charge is 0.292 e. The number of rotatable bonds is 7. The van der Waals surface area contributed by atoms with Crippen molar-refractivity contribution in [2.45, 2.75) is 6.92 Å². The summed E-state index contributed by atoms with van der Waals surface area (Å²) in [7, 11) is -0.985. The average molecular weight is 299 g/mol. The summed E-state index contributed by atoms with van der Waals surface area (Å²) in [5, 5.41) is 16.4. The van der Waals surface area contributed by atoms with Gasteiger partial charge in [-0.3, -0.25) is 19.1 Å². The highest BCUT2D eigenvalue weighted by Gasteiger charge is 2.16. The number of benzene rings is 1. The third-order valence-electron chi connectivity index (χ3n) is 2.50. The van der Waals surface area contributed by atoms with Crippen molar-refractivity contribution in [2.75, 3.05) is 30.4 Å². The second-order valence-corrected chi connectivity index (χ2v) is 5.61. The fourth-order valence-corrected chi connectivity index (χ4v) is 1.96. The Morgan fingerprint density at radius 3 is 2.70 bits per heavy atom. The summed E-state index contributed by atoms with van der Waals surface area (Å²) in [6.07, 6.45) is 1.56. The molecule has 1 rings (SSSR count). The molecule has 1 amide bonds. The van der Waals surface area contributed by atoms with Gasteiger partial charge in [0.25, 0.3) is 11.6 Å². The molecule has 0 heterocycles. The molecule has 1 atom stereocenters. The van der Waals surface area contributed by atoms with E-state index in [1.807, 2.05) is 0 Å². The van der Waals surface area contributed by atoms with Gasteiger partial charge in [0.15, 0.2) is 0 Å². The highest BCUT2D eigenvalue weighted by Crippen LogP contribution is 2.25. The van der Waals surface area contributed by atoms with Crippen molar-refractivity contribution >= 4 is 28.1 Å². The van der Waals surface area contributed by atoms with Crippen LogP contribution in [0.5, 0.6) is 0 Å². The summed E-state index contributed by atoms with van der Waals surface area (Å²) < 4.78 is 11.0. The predicted octanol–water partition coefficient (Wildman–Crippen LogP) is 1.13. The zero-order valence-electron chi connectivity index (χ0n) is 11.3. The first-order valence-electron chi connectivity index (χ1n) is 6.06. The van der Waals surface area contributed by atoms with Gasteiger partial charge in [-0.25, -0.2) is 0 Å². The van der Waals surface area contributed by atoms with Gasteiger partial charge in [-0.05, 0) is 19.1 Å². The highest BCUT2D eigenvalue weighted by molar-refractivity contribution is 7.84. The van der Waals surface area contributed by atoms with Crippen LogP contribution in [0, 0.1) is 10.1 Å². The van der Waals surface area contributed by atoms with E-state index in [4.69, 9.17) is 0 Å². The number of nitro benzene ring substituents is 1. The summed E-state index contributed by atoms with van der Waals surface area (Å²) in [6.45, 7) is 2.61. The Balaban J connectivity index is 2.96. The van der Waals surface area contributed by atoms with E-state index in [2.05, 4.69) is 10.6 Å². The van der Waals surface area contributed by atoms with Gasteiger partial charge in [0.2, 0.25) is 0 Å². The van der Waals surface area contributed by atoms with Crippen molar-refractivity contribution in [3.8, 4) is 0 Å². The Morgan fingerprint density at radius 1 is 1.45 bits per heavy atom. The van der Waals surface area contributed by atoms with Crippen LogP contribution < -0.4 is 10.6 Å². The Labute approximate surface area is 119 Å². The van der Waals surface area contributed by atoms with Crippen molar-refractivity contribution < 1.29 is 13.9 Å². The van der Waals surface area contributed by atoms with Gasteiger partial charge in [0, 0.05) is 47.5 Å². The summed E-state index contributed by atoms with van der Waals surface area (Å²) in [5.41, 5.74) is 0.488. The second-order valence-electron chi connectivity index (χ2n) is 4.05. The van der Waals surface area contributed by atoms with E-state index in [9.17, 15) is 19.1 Å². The fourth-order valence-electron chi connectivity index (χ4n) is 1.57. The van der Waals surface area contributed by atoms with E-state index in [1.165, 1.54) is 18.2 Å². The van der Waals surface area contributed by atoms with Crippen LogP contribution >= 0.6 is 0 Å². The molecular formula is C12H17N3O4S. The maximum atomic E-state index is 11.7. The topological polar surface area (TPSA) is 101 Å². The number of hydrogen-bond donors (Lipinski definition) is 2. The molecule has 0 bridgehead atoms. The molecule has 1 unspecified atom stereocenters. The van der Waals surface area contributed by atoms with Crippen molar-refractivity contribution in [2.24, 2.45) is 0 Å². The van der Waals surface area contributed by atoms with Crippen LogP contribution in [0.2, 0.25) is 0 Å². The van der Waals surface area contributed by atoms with Crippen molar-refractivity contribution in [3.63, 3.8) is 0 Å². The number of nitro groups is 1. The number of hydrogen-bond acceptors (Lipinski definition) is 5. The van der Waals surface area contributed by atoms with E-state index < -0.39 is 15.7 Å². The lowest BCUT2D eigenvalue weighted by atomic mass is 10.1. The molecule has 0 aliphatic rings. The van der Waals surface area contributed by atoms with Gasteiger partial charge in [0.05, 0.1) is 4.92 Å². The summed E-state index contributed by atoms with van der Waals surface area (Å²) >= 11 is 0. The van der Waals surface area contributed by atoms with Gasteiger partial charge >= 0.3 is 0 Å². The summed E-state index contributed by atoms with van der Waals surface area (Å²) in [4.78, 5) is 22.1. The minimum atomic E-state index is -0.985. The van der Waals surface area contributed by atoms with Crippen LogP contribution in [0.1, 0.15) is 17.3 Å². The first-order valence-corrected chi connectivity index (χ1v) is 7.79. The Morgan fingerprint density at radius 2 is 2.15 bits per heavy atom. The van der Waals surface area contributed by atoms with Crippen LogP contribution in [-0.4, -0.2) is 40.1 Å². The molecule has 8 heteroatoms. The van der Waals surface area contributed by atoms with Gasteiger partial charge < -0.3 is 10.6 Å². The van der Waals surface area contributed by atoms with Gasteiger partial charge in [0.1, 0.15) is 5.69 Å².